The molecule has 1 rings (SSSR count). The number of benzene rings is 1. The zero-order valence-electron chi connectivity index (χ0n) is 8.96. The summed E-state index contributed by atoms with van der Waals surface area (Å²) in [5.41, 5.74) is 4.36. The van der Waals surface area contributed by atoms with E-state index in [0.717, 1.165) is 12.1 Å². The summed E-state index contributed by atoms with van der Waals surface area (Å²) >= 11 is 2.97. The zero-order valence-corrected chi connectivity index (χ0v) is 10.5. The number of rotatable bonds is 4. The first-order valence-corrected chi connectivity index (χ1v) is 5.59. The van der Waals surface area contributed by atoms with Gasteiger partial charge in [0.15, 0.2) is 0 Å². The van der Waals surface area contributed by atoms with Gasteiger partial charge in [-0.05, 0) is 34.1 Å². The molecule has 1 aromatic rings. The number of halogens is 4. The lowest BCUT2D eigenvalue weighted by Crippen LogP contribution is -2.34. The van der Waals surface area contributed by atoms with Crippen molar-refractivity contribution in [2.75, 3.05) is 11.9 Å². The molecule has 4 N–H and O–H groups in total. The molecular weight excluding hydrogens is 317 g/mol. The van der Waals surface area contributed by atoms with Crippen molar-refractivity contribution < 1.29 is 23.1 Å². The Hall–Kier alpha value is -1.28. The van der Waals surface area contributed by atoms with Crippen molar-refractivity contribution in [2.24, 2.45) is 5.73 Å². The van der Waals surface area contributed by atoms with Gasteiger partial charge in [-0.2, -0.15) is 13.2 Å². The standard InChI is InChI=1S/C10H10BrF3N2O2/c11-6-3-5(10(12,13)14)1-2-7(6)16-4-8(17)9(15)18/h1-3,8,16-17H,4H2,(H2,15,18). The highest BCUT2D eigenvalue weighted by Gasteiger charge is 2.30. The summed E-state index contributed by atoms with van der Waals surface area (Å²) in [5, 5.41) is 11.7. The smallest absolute Gasteiger partial charge is 0.381 e. The predicted octanol–water partition coefficient (Wildman–Crippen LogP) is 1.73. The van der Waals surface area contributed by atoms with Gasteiger partial charge in [0.2, 0.25) is 5.91 Å². The molecule has 1 unspecified atom stereocenters. The fourth-order valence-electron chi connectivity index (χ4n) is 1.14. The minimum atomic E-state index is -4.42. The maximum Gasteiger partial charge on any atom is 0.416 e. The number of carbonyl (C=O) groups excluding carboxylic acids is 1. The minimum absolute atomic E-state index is 0.175. The molecule has 0 radical (unpaired) electrons. The molecule has 1 aromatic carbocycles. The van der Waals surface area contributed by atoms with Crippen LogP contribution in [0.2, 0.25) is 0 Å². The van der Waals surface area contributed by atoms with Crippen LogP contribution in [0.4, 0.5) is 18.9 Å². The molecule has 0 spiro atoms. The molecule has 1 atom stereocenters. The molecule has 0 aromatic heterocycles. The van der Waals surface area contributed by atoms with Gasteiger partial charge in [-0.3, -0.25) is 4.79 Å². The van der Waals surface area contributed by atoms with E-state index in [2.05, 4.69) is 21.2 Å². The largest absolute Gasteiger partial charge is 0.416 e. The molecule has 0 saturated heterocycles. The highest BCUT2D eigenvalue weighted by atomic mass is 79.9. The first-order chi connectivity index (χ1) is 8.21. The van der Waals surface area contributed by atoms with Crippen LogP contribution >= 0.6 is 15.9 Å². The number of anilines is 1. The van der Waals surface area contributed by atoms with Crippen LogP contribution in [-0.2, 0) is 11.0 Å². The Kier molecular flexibility index (Phi) is 4.58. The van der Waals surface area contributed by atoms with Gasteiger partial charge >= 0.3 is 6.18 Å². The number of primary amides is 1. The van der Waals surface area contributed by atoms with E-state index in [1.807, 2.05) is 0 Å². The topological polar surface area (TPSA) is 75.4 Å². The molecule has 0 aliphatic carbocycles. The fourth-order valence-corrected chi connectivity index (χ4v) is 1.66. The number of aliphatic hydroxyl groups is 1. The van der Waals surface area contributed by atoms with E-state index in [-0.39, 0.29) is 11.0 Å². The van der Waals surface area contributed by atoms with E-state index in [4.69, 9.17) is 10.8 Å². The van der Waals surface area contributed by atoms with Crippen molar-refractivity contribution in [1.29, 1.82) is 0 Å². The third kappa shape index (κ3) is 3.88. The minimum Gasteiger partial charge on any atom is -0.381 e. The van der Waals surface area contributed by atoms with Crippen LogP contribution in [0.1, 0.15) is 5.56 Å². The van der Waals surface area contributed by atoms with E-state index >= 15 is 0 Å². The lowest BCUT2D eigenvalue weighted by atomic mass is 10.2. The van der Waals surface area contributed by atoms with E-state index in [0.29, 0.717) is 5.69 Å². The van der Waals surface area contributed by atoms with Crippen LogP contribution in [-0.4, -0.2) is 23.7 Å². The molecule has 0 fully saturated rings. The fraction of sp³-hybridized carbons (Fsp3) is 0.300. The van der Waals surface area contributed by atoms with Gasteiger partial charge in [0.1, 0.15) is 6.10 Å². The summed E-state index contributed by atoms with van der Waals surface area (Å²) < 4.78 is 37.3. The monoisotopic (exact) mass is 326 g/mol. The highest BCUT2D eigenvalue weighted by Crippen LogP contribution is 2.33. The average molecular weight is 327 g/mol. The molecular formula is C10H10BrF3N2O2. The number of hydrogen-bond acceptors (Lipinski definition) is 3. The van der Waals surface area contributed by atoms with Crippen molar-refractivity contribution in [3.63, 3.8) is 0 Å². The van der Waals surface area contributed by atoms with Gasteiger partial charge in [-0.25, -0.2) is 0 Å². The summed E-state index contributed by atoms with van der Waals surface area (Å²) in [7, 11) is 0. The summed E-state index contributed by atoms with van der Waals surface area (Å²) in [6.45, 7) is -0.181. The first-order valence-electron chi connectivity index (χ1n) is 4.80. The highest BCUT2D eigenvalue weighted by molar-refractivity contribution is 9.10. The van der Waals surface area contributed by atoms with E-state index < -0.39 is 23.8 Å². The number of nitrogens with two attached hydrogens (primary N) is 1. The second kappa shape index (κ2) is 5.57. The Labute approximate surface area is 109 Å². The van der Waals surface area contributed by atoms with E-state index in [1.54, 1.807) is 0 Å². The van der Waals surface area contributed by atoms with Crippen LogP contribution in [0.15, 0.2) is 22.7 Å². The Bertz CT molecular complexity index is 451. The van der Waals surface area contributed by atoms with Crippen LogP contribution < -0.4 is 11.1 Å². The van der Waals surface area contributed by atoms with Crippen LogP contribution in [0.5, 0.6) is 0 Å². The van der Waals surface area contributed by atoms with Crippen molar-refractivity contribution >= 4 is 27.5 Å². The van der Waals surface area contributed by atoms with Crippen molar-refractivity contribution in [3.8, 4) is 0 Å². The summed E-state index contributed by atoms with van der Waals surface area (Å²) in [4.78, 5) is 10.6. The molecule has 0 aliphatic heterocycles. The molecule has 0 saturated carbocycles. The van der Waals surface area contributed by atoms with Crippen molar-refractivity contribution in [3.05, 3.63) is 28.2 Å². The predicted molar refractivity (Wildman–Crippen MR) is 62.8 cm³/mol. The van der Waals surface area contributed by atoms with E-state index in [9.17, 15) is 18.0 Å². The molecule has 0 bridgehead atoms. The number of carbonyl (C=O) groups is 1. The summed E-state index contributed by atoms with van der Waals surface area (Å²) in [6.07, 6.45) is -5.83. The Morgan fingerprint density at radius 2 is 2.11 bits per heavy atom. The molecule has 0 aliphatic rings. The average Bonchev–Trinajstić information content (AvgIpc) is 2.25. The van der Waals surface area contributed by atoms with Crippen molar-refractivity contribution in [2.45, 2.75) is 12.3 Å². The molecule has 0 heterocycles. The van der Waals surface area contributed by atoms with Gasteiger partial charge in [0.05, 0.1) is 5.56 Å². The number of amides is 1. The number of aliphatic hydroxyl groups excluding tert-OH is 1. The third-order valence-corrected chi connectivity index (χ3v) is 2.77. The summed E-state index contributed by atoms with van der Waals surface area (Å²) in [6, 6.07) is 2.99. The molecule has 100 valence electrons. The number of nitrogens with one attached hydrogen (secondary N) is 1. The molecule has 8 heteroatoms. The molecule has 18 heavy (non-hydrogen) atoms. The van der Waals surface area contributed by atoms with Gasteiger partial charge in [0.25, 0.3) is 0 Å². The van der Waals surface area contributed by atoms with Crippen LogP contribution in [0.25, 0.3) is 0 Å². The SMILES string of the molecule is NC(=O)C(O)CNc1ccc(C(F)(F)F)cc1Br. The van der Waals surface area contributed by atoms with Crippen LogP contribution in [0, 0.1) is 0 Å². The maximum absolute atomic E-state index is 12.4. The third-order valence-electron chi connectivity index (χ3n) is 2.11. The Morgan fingerprint density at radius 1 is 1.50 bits per heavy atom. The number of hydrogen-bond donors (Lipinski definition) is 3. The zero-order chi connectivity index (χ0) is 13.9. The van der Waals surface area contributed by atoms with Crippen LogP contribution in [0.3, 0.4) is 0 Å². The quantitative estimate of drug-likeness (QED) is 0.788. The van der Waals surface area contributed by atoms with Gasteiger partial charge < -0.3 is 16.2 Å². The van der Waals surface area contributed by atoms with Crippen molar-refractivity contribution in [1.82, 2.24) is 0 Å². The number of alkyl halides is 3. The molecule has 4 nitrogen and oxygen atoms in total. The second-order valence-corrected chi connectivity index (χ2v) is 4.35. The summed E-state index contributed by atoms with van der Waals surface area (Å²) in [5.74, 6) is -0.912. The van der Waals surface area contributed by atoms with E-state index in [1.165, 1.54) is 6.07 Å². The van der Waals surface area contributed by atoms with Gasteiger partial charge in [0, 0.05) is 16.7 Å². The second-order valence-electron chi connectivity index (χ2n) is 3.49. The van der Waals surface area contributed by atoms with Gasteiger partial charge in [-0.1, -0.05) is 0 Å². The first kappa shape index (κ1) is 14.8. The lowest BCUT2D eigenvalue weighted by Gasteiger charge is -2.13. The Balaban J connectivity index is 2.78. The Morgan fingerprint density at radius 3 is 2.56 bits per heavy atom. The maximum atomic E-state index is 12.4. The van der Waals surface area contributed by atoms with Gasteiger partial charge in [-0.15, -0.1) is 0 Å². The normalized spacial score (nSPS) is 13.2. The lowest BCUT2D eigenvalue weighted by molar-refractivity contribution is -0.137. The molecule has 1 amide bonds.